The molecule has 1 aromatic heterocycles. The molecule has 1 atom stereocenters. The summed E-state index contributed by atoms with van der Waals surface area (Å²) < 4.78 is 26.3. The molecule has 1 saturated heterocycles. The van der Waals surface area contributed by atoms with E-state index in [1.807, 2.05) is 34.6 Å². The first-order valence-electron chi connectivity index (χ1n) is 16.1. The molecule has 7 nitrogen and oxygen atoms in total. The van der Waals surface area contributed by atoms with Gasteiger partial charge in [-0.2, -0.15) is 0 Å². The van der Waals surface area contributed by atoms with Crippen LogP contribution in [0.1, 0.15) is 87.2 Å². The van der Waals surface area contributed by atoms with Gasteiger partial charge in [0.15, 0.2) is 6.10 Å². The molecule has 0 bridgehead atoms. The summed E-state index contributed by atoms with van der Waals surface area (Å²) in [7, 11) is 1.53. The van der Waals surface area contributed by atoms with E-state index in [4.69, 9.17) is 26.1 Å². The van der Waals surface area contributed by atoms with E-state index in [-0.39, 0.29) is 16.3 Å². The molecule has 5 rings (SSSR count). The highest BCUT2D eigenvalue weighted by Gasteiger charge is 2.36. The lowest BCUT2D eigenvalue weighted by Gasteiger charge is -2.41. The van der Waals surface area contributed by atoms with E-state index in [1.54, 1.807) is 6.07 Å². The van der Waals surface area contributed by atoms with Gasteiger partial charge in [0.25, 0.3) is 0 Å². The van der Waals surface area contributed by atoms with Gasteiger partial charge >= 0.3 is 5.97 Å². The van der Waals surface area contributed by atoms with Gasteiger partial charge in [-0.3, -0.25) is 9.88 Å². The predicted octanol–water partition coefficient (Wildman–Crippen LogP) is 8.29. The molecule has 0 spiro atoms. The molecular weight excluding hydrogens is 605 g/mol. The van der Waals surface area contributed by atoms with Crippen LogP contribution in [0.4, 0.5) is 10.1 Å². The van der Waals surface area contributed by atoms with Crippen LogP contribution < -0.4 is 9.64 Å². The van der Waals surface area contributed by atoms with Crippen molar-refractivity contribution in [3.05, 3.63) is 74.8 Å². The Morgan fingerprint density at radius 1 is 1.09 bits per heavy atom. The van der Waals surface area contributed by atoms with E-state index in [1.165, 1.54) is 24.3 Å². The van der Waals surface area contributed by atoms with Gasteiger partial charge in [0.2, 0.25) is 0 Å². The molecule has 9 heteroatoms. The van der Waals surface area contributed by atoms with Crippen LogP contribution >= 0.6 is 11.6 Å². The number of carboxylic acids is 1. The molecule has 2 aromatic carbocycles. The van der Waals surface area contributed by atoms with Crippen molar-refractivity contribution in [2.24, 2.45) is 5.41 Å². The summed E-state index contributed by atoms with van der Waals surface area (Å²) in [6.07, 6.45) is 1.66. The third-order valence-electron chi connectivity index (χ3n) is 9.27. The molecule has 1 fully saturated rings. The first-order chi connectivity index (χ1) is 21.6. The number of rotatable bonds is 8. The van der Waals surface area contributed by atoms with Crippen molar-refractivity contribution in [2.45, 2.75) is 92.5 Å². The van der Waals surface area contributed by atoms with Crippen LogP contribution in [0.2, 0.25) is 5.02 Å². The second-order valence-electron chi connectivity index (χ2n) is 14.5. The highest BCUT2D eigenvalue weighted by molar-refractivity contribution is 6.32. The van der Waals surface area contributed by atoms with Crippen LogP contribution in [-0.2, 0) is 29.0 Å². The Labute approximate surface area is 277 Å². The average molecular weight is 652 g/mol. The van der Waals surface area contributed by atoms with E-state index < -0.39 is 17.7 Å². The van der Waals surface area contributed by atoms with Crippen molar-refractivity contribution in [1.82, 2.24) is 9.88 Å². The molecule has 0 saturated carbocycles. The van der Waals surface area contributed by atoms with Crippen LogP contribution in [0.25, 0.3) is 11.1 Å². The quantitative estimate of drug-likeness (QED) is 0.263. The molecule has 0 aliphatic carbocycles. The number of aromatic nitrogens is 1. The number of aliphatic carboxylic acids is 1. The molecule has 46 heavy (non-hydrogen) atoms. The number of pyridine rings is 1. The molecule has 2 aliphatic heterocycles. The lowest BCUT2D eigenvalue weighted by atomic mass is 9.81. The standard InChI is InChI=1S/C37H47ClFN3O4/c1-22-31(25-9-10-26-20-41(14-11-24(26)17-25)21-27-18-30(45-8)28(38)19-29(27)39)33(42-15-12-37(6,7)13-16-42)32(23(2)40-22)34(35(43)44)46-36(3,4)5/h9-10,17-19,34H,11-16,20-21H2,1-8H3,(H,43,44). The van der Waals surface area contributed by atoms with Crippen LogP contribution in [0.3, 0.4) is 0 Å². The summed E-state index contributed by atoms with van der Waals surface area (Å²) >= 11 is 6.12. The van der Waals surface area contributed by atoms with Gasteiger partial charge in [0.05, 0.1) is 23.4 Å². The largest absolute Gasteiger partial charge is 0.495 e. The van der Waals surface area contributed by atoms with Gasteiger partial charge in [-0.15, -0.1) is 0 Å². The first-order valence-corrected chi connectivity index (χ1v) is 16.5. The number of aryl methyl sites for hydroxylation is 2. The Kier molecular flexibility index (Phi) is 9.74. The van der Waals surface area contributed by atoms with E-state index in [9.17, 15) is 14.3 Å². The summed E-state index contributed by atoms with van der Waals surface area (Å²) in [6.45, 7) is 17.7. The van der Waals surface area contributed by atoms with Crippen molar-refractivity contribution < 1.29 is 23.8 Å². The van der Waals surface area contributed by atoms with Crippen LogP contribution in [0.15, 0.2) is 30.3 Å². The monoisotopic (exact) mass is 651 g/mol. The number of hydrogen-bond acceptors (Lipinski definition) is 6. The van der Waals surface area contributed by atoms with Crippen LogP contribution in [-0.4, -0.2) is 53.3 Å². The van der Waals surface area contributed by atoms with Crippen LogP contribution in [0, 0.1) is 25.1 Å². The van der Waals surface area contributed by atoms with Gasteiger partial charge in [-0.05, 0) is 88.1 Å². The number of halogens is 2. The SMILES string of the molecule is COc1cc(CN2CCc3cc(-c4c(C)nc(C)c(C(OC(C)(C)C)C(=O)O)c4N4CCC(C)(C)CC4)ccc3C2)c(F)cc1Cl. The number of piperidine rings is 1. The van der Waals surface area contributed by atoms with E-state index in [2.05, 4.69) is 41.8 Å². The zero-order chi connectivity index (χ0) is 33.6. The van der Waals surface area contributed by atoms with Crippen molar-refractivity contribution >= 4 is 23.3 Å². The minimum Gasteiger partial charge on any atom is -0.495 e. The Morgan fingerprint density at radius 3 is 2.41 bits per heavy atom. The Balaban J connectivity index is 1.55. The Morgan fingerprint density at radius 2 is 1.78 bits per heavy atom. The minimum absolute atomic E-state index is 0.222. The zero-order valence-corrected chi connectivity index (χ0v) is 29.1. The second-order valence-corrected chi connectivity index (χ2v) is 14.9. The summed E-state index contributed by atoms with van der Waals surface area (Å²) in [5.41, 5.74) is 7.60. The Hall–Kier alpha value is -3.20. The van der Waals surface area contributed by atoms with E-state index >= 15 is 0 Å². The molecule has 2 aliphatic rings. The van der Waals surface area contributed by atoms with Gasteiger partial charge in [0.1, 0.15) is 11.6 Å². The van der Waals surface area contributed by atoms with Crippen LogP contribution in [0.5, 0.6) is 5.75 Å². The summed E-state index contributed by atoms with van der Waals surface area (Å²) in [5.74, 6) is -0.894. The fourth-order valence-corrected chi connectivity index (χ4v) is 6.97. The number of carboxylic acid groups (broad SMARTS) is 1. The van der Waals surface area contributed by atoms with Crippen molar-refractivity contribution in [1.29, 1.82) is 0 Å². The fourth-order valence-electron chi connectivity index (χ4n) is 6.75. The molecule has 1 unspecified atom stereocenters. The second kappa shape index (κ2) is 13.1. The smallest absolute Gasteiger partial charge is 0.337 e. The lowest BCUT2D eigenvalue weighted by molar-refractivity contribution is -0.160. The van der Waals surface area contributed by atoms with Gasteiger partial charge in [-0.1, -0.05) is 43.6 Å². The summed E-state index contributed by atoms with van der Waals surface area (Å²) in [5, 5.41) is 10.7. The molecule has 0 amide bonds. The number of benzene rings is 2. The fraction of sp³-hybridized carbons (Fsp3) is 0.514. The highest BCUT2D eigenvalue weighted by atomic mass is 35.5. The zero-order valence-electron chi connectivity index (χ0n) is 28.4. The third kappa shape index (κ3) is 7.35. The maximum Gasteiger partial charge on any atom is 0.337 e. The highest BCUT2D eigenvalue weighted by Crippen LogP contribution is 2.45. The molecule has 1 N–H and O–H groups in total. The summed E-state index contributed by atoms with van der Waals surface area (Å²) in [6, 6.07) is 9.50. The number of nitrogens with zero attached hydrogens (tertiary/aromatic N) is 3. The van der Waals surface area contributed by atoms with Crippen molar-refractivity contribution in [2.75, 3.05) is 31.6 Å². The molecule has 3 aromatic rings. The lowest BCUT2D eigenvalue weighted by Crippen LogP contribution is -2.39. The Bertz CT molecular complexity index is 1620. The average Bonchev–Trinajstić information content (AvgIpc) is 2.96. The minimum atomic E-state index is -1.16. The normalized spacial score (nSPS) is 17.5. The number of methoxy groups -OCH3 is 1. The molecule has 248 valence electrons. The van der Waals surface area contributed by atoms with Gasteiger partial charge < -0.3 is 19.5 Å². The maximum atomic E-state index is 14.8. The number of ether oxygens (including phenoxy) is 2. The number of hydrogen-bond donors (Lipinski definition) is 1. The summed E-state index contributed by atoms with van der Waals surface area (Å²) in [4.78, 5) is 22.3. The number of fused-ring (bicyclic) bond motifs is 1. The molecule has 0 radical (unpaired) electrons. The van der Waals surface area contributed by atoms with Crippen molar-refractivity contribution in [3.63, 3.8) is 0 Å². The number of carbonyl (C=O) groups is 1. The van der Waals surface area contributed by atoms with E-state index in [0.29, 0.717) is 35.7 Å². The third-order valence-corrected chi connectivity index (χ3v) is 9.57. The van der Waals surface area contributed by atoms with Gasteiger partial charge in [-0.25, -0.2) is 9.18 Å². The first kappa shape index (κ1) is 34.1. The van der Waals surface area contributed by atoms with Gasteiger partial charge in [0, 0.05) is 60.8 Å². The predicted molar refractivity (Wildman–Crippen MR) is 181 cm³/mol. The topological polar surface area (TPSA) is 75.1 Å². The molecule has 3 heterocycles. The number of anilines is 1. The maximum absolute atomic E-state index is 14.8. The van der Waals surface area contributed by atoms with Crippen molar-refractivity contribution in [3.8, 4) is 16.9 Å². The molecular formula is C37H47ClFN3O4. The van der Waals surface area contributed by atoms with E-state index in [0.717, 1.165) is 61.4 Å².